The van der Waals surface area contributed by atoms with Gasteiger partial charge in [-0.05, 0) is 32.8 Å². The van der Waals surface area contributed by atoms with Gasteiger partial charge < -0.3 is 10.2 Å². The fourth-order valence-corrected chi connectivity index (χ4v) is 3.98. The van der Waals surface area contributed by atoms with Crippen LogP contribution in [0.5, 0.6) is 0 Å². The van der Waals surface area contributed by atoms with Crippen molar-refractivity contribution >= 4 is 23.4 Å². The highest BCUT2D eigenvalue weighted by atomic mass is 35.5. The third kappa shape index (κ3) is 5.86. The summed E-state index contributed by atoms with van der Waals surface area (Å²) < 4.78 is 1.68. The standard InChI is InChI=1S/C23H32ClN5O2/c1-5-17(3)25-20(30)15-27-10-12-28(13-11-27)23(31)21-18(4)26-29(22(21)24)14-19-8-6-16(2)7-9-19/h6-9,17H,5,10-15H2,1-4H3,(H,25,30). The lowest BCUT2D eigenvalue weighted by Crippen LogP contribution is -2.51. The zero-order chi connectivity index (χ0) is 22.5. The molecule has 0 spiro atoms. The van der Waals surface area contributed by atoms with Gasteiger partial charge in [0.2, 0.25) is 5.91 Å². The van der Waals surface area contributed by atoms with E-state index in [1.165, 1.54) is 5.56 Å². The fraction of sp³-hybridized carbons (Fsp3) is 0.522. The third-order valence-corrected chi connectivity index (χ3v) is 6.16. The van der Waals surface area contributed by atoms with Crippen LogP contribution in [-0.4, -0.2) is 70.2 Å². The Hall–Kier alpha value is -2.38. The van der Waals surface area contributed by atoms with E-state index in [0.29, 0.717) is 55.7 Å². The molecule has 1 aliphatic heterocycles. The molecule has 1 N–H and O–H groups in total. The van der Waals surface area contributed by atoms with Crippen LogP contribution in [0.15, 0.2) is 24.3 Å². The van der Waals surface area contributed by atoms with Crippen LogP contribution in [0.3, 0.4) is 0 Å². The molecule has 2 aromatic rings. The van der Waals surface area contributed by atoms with Crippen LogP contribution < -0.4 is 5.32 Å². The molecule has 1 atom stereocenters. The Morgan fingerprint density at radius 1 is 1.13 bits per heavy atom. The molecular formula is C23H32ClN5O2. The number of nitrogens with zero attached hydrogens (tertiary/aromatic N) is 4. The maximum Gasteiger partial charge on any atom is 0.258 e. The zero-order valence-electron chi connectivity index (χ0n) is 18.8. The molecule has 1 aromatic heterocycles. The molecule has 8 heteroatoms. The zero-order valence-corrected chi connectivity index (χ0v) is 19.6. The van der Waals surface area contributed by atoms with E-state index < -0.39 is 0 Å². The molecule has 7 nitrogen and oxygen atoms in total. The van der Waals surface area contributed by atoms with Crippen LogP contribution in [0, 0.1) is 13.8 Å². The summed E-state index contributed by atoms with van der Waals surface area (Å²) in [5.74, 6) is -0.0632. The lowest BCUT2D eigenvalue weighted by Gasteiger charge is -2.34. The highest BCUT2D eigenvalue weighted by Crippen LogP contribution is 2.23. The summed E-state index contributed by atoms with van der Waals surface area (Å²) in [5.41, 5.74) is 3.38. The summed E-state index contributed by atoms with van der Waals surface area (Å²) in [4.78, 5) is 29.2. The molecule has 0 aliphatic carbocycles. The number of aromatic nitrogens is 2. The molecule has 168 valence electrons. The molecule has 1 saturated heterocycles. The number of halogens is 1. The summed E-state index contributed by atoms with van der Waals surface area (Å²) in [5, 5.41) is 7.87. The minimum absolute atomic E-state index is 0.0328. The average molecular weight is 446 g/mol. The lowest BCUT2D eigenvalue weighted by atomic mass is 10.1. The molecule has 0 radical (unpaired) electrons. The van der Waals surface area contributed by atoms with Crippen molar-refractivity contribution < 1.29 is 9.59 Å². The minimum Gasteiger partial charge on any atom is -0.353 e. The van der Waals surface area contributed by atoms with E-state index in [-0.39, 0.29) is 17.9 Å². The Balaban J connectivity index is 1.60. The maximum absolute atomic E-state index is 13.2. The van der Waals surface area contributed by atoms with Gasteiger partial charge in [0.1, 0.15) is 5.15 Å². The van der Waals surface area contributed by atoms with Crippen LogP contribution in [0.2, 0.25) is 5.15 Å². The topological polar surface area (TPSA) is 70.5 Å². The van der Waals surface area contributed by atoms with Crippen molar-refractivity contribution in [3.8, 4) is 0 Å². The first-order chi connectivity index (χ1) is 14.8. The third-order valence-electron chi connectivity index (χ3n) is 5.78. The van der Waals surface area contributed by atoms with Crippen molar-refractivity contribution in [3.63, 3.8) is 0 Å². The normalized spacial score (nSPS) is 15.7. The van der Waals surface area contributed by atoms with E-state index in [1.807, 2.05) is 52.0 Å². The van der Waals surface area contributed by atoms with Crippen molar-refractivity contribution in [2.24, 2.45) is 0 Å². The molecule has 2 heterocycles. The van der Waals surface area contributed by atoms with Crippen LogP contribution in [-0.2, 0) is 11.3 Å². The summed E-state index contributed by atoms with van der Waals surface area (Å²) in [7, 11) is 0. The van der Waals surface area contributed by atoms with Crippen LogP contribution >= 0.6 is 11.6 Å². The number of nitrogens with one attached hydrogen (secondary N) is 1. The number of rotatable bonds is 7. The minimum atomic E-state index is -0.0960. The molecule has 1 aromatic carbocycles. The molecule has 1 unspecified atom stereocenters. The Bertz CT molecular complexity index is 917. The SMILES string of the molecule is CCC(C)NC(=O)CN1CCN(C(=O)c2c(C)nn(Cc3ccc(C)cc3)c2Cl)CC1. The van der Waals surface area contributed by atoms with Crippen molar-refractivity contribution in [1.29, 1.82) is 0 Å². The fourth-order valence-electron chi connectivity index (χ4n) is 3.66. The number of piperazine rings is 1. The van der Waals surface area contributed by atoms with Gasteiger partial charge in [0.15, 0.2) is 0 Å². The molecule has 0 saturated carbocycles. The maximum atomic E-state index is 13.2. The second-order valence-electron chi connectivity index (χ2n) is 8.34. The largest absolute Gasteiger partial charge is 0.353 e. The second kappa shape index (κ2) is 10.3. The van der Waals surface area contributed by atoms with Gasteiger partial charge in [-0.3, -0.25) is 14.5 Å². The predicted octanol–water partition coefficient (Wildman–Crippen LogP) is 2.87. The summed E-state index contributed by atoms with van der Waals surface area (Å²) in [6.07, 6.45) is 0.908. The molecule has 1 aliphatic rings. The van der Waals surface area contributed by atoms with Crippen LogP contribution in [0.4, 0.5) is 0 Å². The van der Waals surface area contributed by atoms with E-state index >= 15 is 0 Å². The van der Waals surface area contributed by atoms with Gasteiger partial charge in [-0.2, -0.15) is 5.10 Å². The summed E-state index contributed by atoms with van der Waals surface area (Å²) in [6.45, 7) is 11.2. The van der Waals surface area contributed by atoms with E-state index in [0.717, 1.165) is 12.0 Å². The first-order valence-corrected chi connectivity index (χ1v) is 11.3. The Morgan fingerprint density at radius 3 is 2.39 bits per heavy atom. The van der Waals surface area contributed by atoms with Crippen molar-refractivity contribution in [3.05, 3.63) is 51.8 Å². The molecule has 1 fully saturated rings. The number of hydrogen-bond donors (Lipinski definition) is 1. The molecule has 0 bridgehead atoms. The molecular weight excluding hydrogens is 414 g/mol. The smallest absolute Gasteiger partial charge is 0.258 e. The van der Waals surface area contributed by atoms with Crippen molar-refractivity contribution in [2.75, 3.05) is 32.7 Å². The van der Waals surface area contributed by atoms with Gasteiger partial charge in [-0.25, -0.2) is 4.68 Å². The molecule has 2 amide bonds. The number of carbonyl (C=O) groups excluding carboxylic acids is 2. The van der Waals surface area contributed by atoms with Crippen molar-refractivity contribution in [2.45, 2.75) is 46.7 Å². The van der Waals surface area contributed by atoms with E-state index in [1.54, 1.807) is 9.58 Å². The summed E-state index contributed by atoms with van der Waals surface area (Å²) >= 11 is 6.57. The van der Waals surface area contributed by atoms with Crippen molar-refractivity contribution in [1.82, 2.24) is 24.9 Å². The number of aryl methyl sites for hydroxylation is 2. The first kappa shape index (κ1) is 23.3. The van der Waals surface area contributed by atoms with Crippen LogP contribution in [0.25, 0.3) is 0 Å². The van der Waals surface area contributed by atoms with Gasteiger partial charge in [0.05, 0.1) is 24.3 Å². The van der Waals surface area contributed by atoms with Gasteiger partial charge >= 0.3 is 0 Å². The number of carbonyl (C=O) groups is 2. The highest BCUT2D eigenvalue weighted by molar-refractivity contribution is 6.33. The Kier molecular flexibility index (Phi) is 7.73. The van der Waals surface area contributed by atoms with E-state index in [4.69, 9.17) is 11.6 Å². The van der Waals surface area contributed by atoms with Gasteiger partial charge in [-0.15, -0.1) is 0 Å². The van der Waals surface area contributed by atoms with Gasteiger partial charge in [0, 0.05) is 32.2 Å². The highest BCUT2D eigenvalue weighted by Gasteiger charge is 2.28. The summed E-state index contributed by atoms with van der Waals surface area (Å²) in [6, 6.07) is 8.36. The number of hydrogen-bond acceptors (Lipinski definition) is 4. The number of benzene rings is 1. The average Bonchev–Trinajstić information content (AvgIpc) is 3.02. The lowest BCUT2D eigenvalue weighted by molar-refractivity contribution is -0.123. The second-order valence-corrected chi connectivity index (χ2v) is 8.70. The quantitative estimate of drug-likeness (QED) is 0.711. The monoisotopic (exact) mass is 445 g/mol. The van der Waals surface area contributed by atoms with Gasteiger partial charge in [0.25, 0.3) is 5.91 Å². The Labute approximate surface area is 189 Å². The first-order valence-electron chi connectivity index (χ1n) is 10.9. The number of amides is 2. The predicted molar refractivity (Wildman–Crippen MR) is 122 cm³/mol. The molecule has 31 heavy (non-hydrogen) atoms. The van der Waals surface area contributed by atoms with E-state index in [2.05, 4.69) is 15.3 Å². The molecule has 3 rings (SSSR count). The van der Waals surface area contributed by atoms with E-state index in [9.17, 15) is 9.59 Å². The van der Waals surface area contributed by atoms with Crippen LogP contribution in [0.1, 0.15) is 47.4 Å². The van der Waals surface area contributed by atoms with Gasteiger partial charge in [-0.1, -0.05) is 48.4 Å². The Morgan fingerprint density at radius 2 is 1.77 bits per heavy atom.